The van der Waals surface area contributed by atoms with Crippen LogP contribution in [-0.4, -0.2) is 142 Å². The van der Waals surface area contributed by atoms with Crippen LogP contribution in [0.4, 0.5) is 0 Å². The minimum absolute atomic E-state index is 0.0595. The van der Waals surface area contributed by atoms with Crippen molar-refractivity contribution >= 4 is 53.2 Å². The second kappa shape index (κ2) is 23.2. The van der Waals surface area contributed by atoms with Crippen LogP contribution in [0.25, 0.3) is 0 Å². The topological polar surface area (TPSA) is 357 Å². The van der Waals surface area contributed by atoms with Gasteiger partial charge in [-0.2, -0.15) is 0 Å². The Labute approximate surface area is 350 Å². The van der Waals surface area contributed by atoms with E-state index >= 15 is 0 Å². The number of rotatable bonds is 15. The first-order valence-electron chi connectivity index (χ1n) is 19.2. The van der Waals surface area contributed by atoms with Crippen LogP contribution in [0.1, 0.15) is 38.3 Å². The molecule has 1 aliphatic heterocycles. The van der Waals surface area contributed by atoms with E-state index in [0.29, 0.717) is 11.1 Å². The average Bonchev–Trinajstić information content (AvgIpc) is 3.21. The van der Waals surface area contributed by atoms with Gasteiger partial charge in [0.2, 0.25) is 47.3 Å². The Bertz CT molecular complexity index is 1900. The van der Waals surface area contributed by atoms with Gasteiger partial charge in [-0.15, -0.1) is 0 Å². The monoisotopic (exact) mass is 855 g/mol. The van der Waals surface area contributed by atoms with E-state index in [-0.39, 0.29) is 18.6 Å². The zero-order valence-electron chi connectivity index (χ0n) is 33.7. The molecule has 2 aromatic carbocycles. The number of carboxylic acid groups (broad SMARTS) is 1. The van der Waals surface area contributed by atoms with Crippen LogP contribution in [0.3, 0.4) is 0 Å². The van der Waals surface area contributed by atoms with Gasteiger partial charge in [0.25, 0.3) is 0 Å². The maximum Gasteiger partial charge on any atom is 0.305 e. The predicted octanol–water partition coefficient (Wildman–Crippen LogP) is -4.84. The second-order valence-corrected chi connectivity index (χ2v) is 14.6. The molecule has 0 radical (unpaired) electrons. The van der Waals surface area contributed by atoms with Crippen LogP contribution in [-0.2, 0) is 56.0 Å². The summed E-state index contributed by atoms with van der Waals surface area (Å²) in [5.74, 6) is -9.93. The highest BCUT2D eigenvalue weighted by atomic mass is 16.4. The number of aliphatic hydroxyl groups excluding tert-OH is 2. The molecule has 1 aliphatic rings. The number of benzene rings is 2. The van der Waals surface area contributed by atoms with Crippen molar-refractivity contribution in [1.29, 1.82) is 0 Å². The summed E-state index contributed by atoms with van der Waals surface area (Å²) in [4.78, 5) is 118. The summed E-state index contributed by atoms with van der Waals surface area (Å²) in [6.45, 7) is 1.74. The lowest BCUT2D eigenvalue weighted by atomic mass is 10.0. The maximum atomic E-state index is 13.9. The first-order chi connectivity index (χ1) is 28.8. The number of hydrogen-bond donors (Lipinski definition) is 13. The molecule has 0 saturated carbocycles. The molecule has 0 spiro atoms. The Morgan fingerprint density at radius 3 is 1.84 bits per heavy atom. The molecule has 0 aliphatic carbocycles. The number of hydrogen-bond acceptors (Lipinski definition) is 13. The SMILES string of the molecule is CC1NC(=O)C(NC(=O)C(NC(=O)C(CO)NC(=O)C(N)CC(=O)O)C(C)C)CNC(=O)C(Cc2ccccc2)NC(=O)C(Cc2ccc(O)cc2)NC(=O)C(CO)NC1=O. The lowest BCUT2D eigenvalue weighted by molar-refractivity contribution is -0.140. The van der Waals surface area contributed by atoms with Gasteiger partial charge in [0.05, 0.1) is 25.7 Å². The third kappa shape index (κ3) is 15.2. The number of aliphatic carboxylic acids is 1. The first-order valence-corrected chi connectivity index (χ1v) is 19.2. The van der Waals surface area contributed by atoms with Gasteiger partial charge in [0.15, 0.2) is 0 Å². The molecular formula is C39H53N9O13. The third-order valence-electron chi connectivity index (χ3n) is 9.40. The summed E-state index contributed by atoms with van der Waals surface area (Å²) >= 11 is 0. The fourth-order valence-corrected chi connectivity index (χ4v) is 5.89. The molecule has 8 unspecified atom stereocenters. The molecule has 22 heteroatoms. The quantitative estimate of drug-likeness (QED) is 0.0800. The lowest BCUT2D eigenvalue weighted by Gasteiger charge is -2.29. The van der Waals surface area contributed by atoms with Gasteiger partial charge < -0.3 is 68.7 Å². The normalized spacial score (nSPS) is 21.9. The largest absolute Gasteiger partial charge is 0.508 e. The van der Waals surface area contributed by atoms with Crippen molar-refractivity contribution in [3.05, 3.63) is 65.7 Å². The van der Waals surface area contributed by atoms with E-state index < -0.39 is 134 Å². The number of carboxylic acids is 1. The number of aliphatic hydroxyl groups is 2. The number of amides is 8. The number of phenols is 1. The highest BCUT2D eigenvalue weighted by molar-refractivity contribution is 5.98. The van der Waals surface area contributed by atoms with E-state index in [2.05, 4.69) is 42.5 Å². The smallest absolute Gasteiger partial charge is 0.305 e. The maximum absolute atomic E-state index is 13.9. The number of carbonyl (C=O) groups excluding carboxylic acids is 8. The van der Waals surface area contributed by atoms with Crippen molar-refractivity contribution in [3.8, 4) is 5.75 Å². The second-order valence-electron chi connectivity index (χ2n) is 14.6. The van der Waals surface area contributed by atoms with Crippen LogP contribution in [0.5, 0.6) is 5.75 Å². The molecular weight excluding hydrogens is 802 g/mol. The van der Waals surface area contributed by atoms with Crippen LogP contribution in [0.2, 0.25) is 0 Å². The molecule has 8 atom stereocenters. The first kappa shape index (κ1) is 48.7. The molecule has 22 nitrogen and oxygen atoms in total. The van der Waals surface area contributed by atoms with Gasteiger partial charge >= 0.3 is 5.97 Å². The van der Waals surface area contributed by atoms with Crippen molar-refractivity contribution in [2.45, 2.75) is 88.4 Å². The predicted molar refractivity (Wildman–Crippen MR) is 213 cm³/mol. The molecule has 1 fully saturated rings. The molecule has 2 aromatic rings. The van der Waals surface area contributed by atoms with E-state index in [4.69, 9.17) is 10.8 Å². The molecule has 61 heavy (non-hydrogen) atoms. The van der Waals surface area contributed by atoms with Gasteiger partial charge in [-0.1, -0.05) is 56.3 Å². The van der Waals surface area contributed by atoms with E-state index in [1.165, 1.54) is 45.0 Å². The Balaban J connectivity index is 1.96. The Morgan fingerprint density at radius 1 is 0.721 bits per heavy atom. The van der Waals surface area contributed by atoms with E-state index in [0.717, 1.165) is 0 Å². The zero-order chi connectivity index (χ0) is 45.4. The number of nitrogens with one attached hydrogen (secondary N) is 8. The minimum Gasteiger partial charge on any atom is -0.508 e. The summed E-state index contributed by atoms with van der Waals surface area (Å²) in [5.41, 5.74) is 6.65. The third-order valence-corrected chi connectivity index (χ3v) is 9.40. The Kier molecular flexibility index (Phi) is 18.5. The molecule has 332 valence electrons. The van der Waals surface area contributed by atoms with Crippen molar-refractivity contribution in [1.82, 2.24) is 42.5 Å². The summed E-state index contributed by atoms with van der Waals surface area (Å²) in [6, 6.07) is 2.16. The molecule has 14 N–H and O–H groups in total. The lowest BCUT2D eigenvalue weighted by Crippen LogP contribution is -2.63. The Hall–Kier alpha value is -6.65. The fourth-order valence-electron chi connectivity index (χ4n) is 5.89. The molecule has 0 bridgehead atoms. The van der Waals surface area contributed by atoms with Gasteiger partial charge in [-0.3, -0.25) is 43.2 Å². The van der Waals surface area contributed by atoms with Gasteiger partial charge in [0.1, 0.15) is 48.0 Å². The highest BCUT2D eigenvalue weighted by Crippen LogP contribution is 2.13. The van der Waals surface area contributed by atoms with Gasteiger partial charge in [0, 0.05) is 19.4 Å². The highest BCUT2D eigenvalue weighted by Gasteiger charge is 2.35. The summed E-state index contributed by atoms with van der Waals surface area (Å²) in [6.07, 6.45) is -1.01. The molecule has 0 aromatic heterocycles. The number of carbonyl (C=O) groups is 9. The van der Waals surface area contributed by atoms with Gasteiger partial charge in [-0.25, -0.2) is 0 Å². The van der Waals surface area contributed by atoms with Crippen LogP contribution in [0.15, 0.2) is 54.6 Å². The van der Waals surface area contributed by atoms with E-state index in [9.17, 15) is 58.5 Å². The summed E-state index contributed by atoms with van der Waals surface area (Å²) < 4.78 is 0. The fraction of sp³-hybridized carbons (Fsp3) is 0.462. The summed E-state index contributed by atoms with van der Waals surface area (Å²) in [5, 5.41) is 57.9. The van der Waals surface area contributed by atoms with Crippen molar-refractivity contribution in [2.24, 2.45) is 11.7 Å². The number of aromatic hydroxyl groups is 1. The van der Waals surface area contributed by atoms with Crippen molar-refractivity contribution in [3.63, 3.8) is 0 Å². The molecule has 8 amide bonds. The van der Waals surface area contributed by atoms with Crippen molar-refractivity contribution < 1.29 is 63.6 Å². The van der Waals surface area contributed by atoms with Crippen LogP contribution in [0, 0.1) is 5.92 Å². The number of nitrogens with two attached hydrogens (primary N) is 1. The van der Waals surface area contributed by atoms with E-state index in [1.807, 2.05) is 0 Å². The average molecular weight is 856 g/mol. The standard InChI is InChI=1S/C39H53N9O13/c1-19(2)31(48-38(60)29(18-50)47-33(55)24(40)15-30(52)53)39(61)45-27-16-41-34(56)25(13-21-7-5-4-6-8-21)43-35(57)26(14-22-9-11-23(51)12-10-22)44-37(59)28(17-49)46-32(54)20(3)42-36(27)58/h4-12,19-20,24-29,31,49-51H,13-18,40H2,1-3H3,(H,41,56)(H,42,58)(H,43,57)(H,44,59)(H,45,61)(H,46,54)(H,47,55)(H,48,60)(H,52,53). The number of phenolic OH excluding ortho intramolecular Hbond substituents is 1. The minimum atomic E-state index is -1.67. The van der Waals surface area contributed by atoms with Crippen LogP contribution < -0.4 is 48.3 Å². The molecule has 1 heterocycles. The molecule has 3 rings (SSSR count). The molecule has 1 saturated heterocycles. The van der Waals surface area contributed by atoms with Crippen LogP contribution >= 0.6 is 0 Å². The van der Waals surface area contributed by atoms with Crippen molar-refractivity contribution in [2.75, 3.05) is 19.8 Å². The summed E-state index contributed by atoms with van der Waals surface area (Å²) in [7, 11) is 0. The van der Waals surface area contributed by atoms with E-state index in [1.54, 1.807) is 30.3 Å². The van der Waals surface area contributed by atoms with Gasteiger partial charge in [-0.05, 0) is 36.1 Å². The Morgan fingerprint density at radius 2 is 1.28 bits per heavy atom. The zero-order valence-corrected chi connectivity index (χ0v) is 33.7.